The first kappa shape index (κ1) is 35.9. The van der Waals surface area contributed by atoms with E-state index in [-0.39, 0.29) is 16.7 Å². The smallest absolute Gasteiger partial charge is 0.355 e. The summed E-state index contributed by atoms with van der Waals surface area (Å²) in [6.45, 7) is 10.9. The van der Waals surface area contributed by atoms with E-state index in [2.05, 4.69) is 45.0 Å². The number of pyridine rings is 1. The molecule has 14 heteroatoms. The normalized spacial score (nSPS) is 25.9. The number of aromatic carboxylic acids is 1. The average molecular weight is 776 g/mol. The predicted octanol–water partition coefficient (Wildman–Crippen LogP) is 7.18. The molecular weight excluding hydrogens is 727 g/mol. The Morgan fingerprint density at radius 1 is 1.02 bits per heavy atom. The second-order valence-corrected chi connectivity index (χ2v) is 18.0. The molecule has 2 atom stereocenters. The third-order valence-corrected chi connectivity index (χ3v) is 14.1. The average Bonchev–Trinajstić information content (AvgIpc) is 3.77. The van der Waals surface area contributed by atoms with Gasteiger partial charge < -0.3 is 24.8 Å². The molecule has 56 heavy (non-hydrogen) atoms. The maximum absolute atomic E-state index is 12.9. The van der Waals surface area contributed by atoms with Crippen molar-refractivity contribution in [2.45, 2.75) is 77.4 Å². The fourth-order valence-corrected chi connectivity index (χ4v) is 11.9. The van der Waals surface area contributed by atoms with Gasteiger partial charge in [-0.3, -0.25) is 9.58 Å². The lowest BCUT2D eigenvalue weighted by Gasteiger charge is -2.61. The Morgan fingerprint density at radius 3 is 2.64 bits per heavy atom. The maximum atomic E-state index is 12.9. The van der Waals surface area contributed by atoms with Crippen LogP contribution in [0.2, 0.25) is 0 Å². The first-order valence-electron chi connectivity index (χ1n) is 20.2. The quantitative estimate of drug-likeness (QED) is 0.140. The van der Waals surface area contributed by atoms with Crippen LogP contribution in [0, 0.1) is 31.1 Å². The van der Waals surface area contributed by atoms with Crippen LogP contribution in [0.25, 0.3) is 21.3 Å². The molecule has 4 saturated carbocycles. The van der Waals surface area contributed by atoms with Gasteiger partial charge in [0, 0.05) is 60.7 Å². The number of para-hydroxylation sites is 1. The molecule has 13 nitrogen and oxygen atoms in total. The van der Waals surface area contributed by atoms with Crippen LogP contribution in [0.5, 0.6) is 0 Å². The number of carboxylic acids is 1. The predicted molar refractivity (Wildman–Crippen MR) is 215 cm³/mol. The SMILES string of the molecule is Cc1c(Nc2nc3ccccc3s2)nnc2c1CCCN2c1ccc(-c2cnn(CC34CC5CC(C3)CC(OCCN3CCOCC3)(C5)C4)c2C)c(C(=O)O)n1. The topological polar surface area (TPSA) is 144 Å². The summed E-state index contributed by atoms with van der Waals surface area (Å²) < 4.78 is 15.7. The maximum Gasteiger partial charge on any atom is 0.355 e. The Morgan fingerprint density at radius 2 is 1.84 bits per heavy atom. The standard InChI is InChI=1S/C42H49N9O4S/c1-26-30-6-5-11-50(38(30)48-47-37(26)46-40-44-33-7-3-4-8-34(33)56-40)35-10-9-31(36(45-35)39(52)53)32-23-43-51(27(32)2)25-41-19-28-18-29(20-41)22-42(21-28,24-41)55-17-14-49-12-15-54-16-13-49/h3-4,7-10,23,28-29H,5-6,11-22,24-25H2,1-2H3,(H,52,53)(H,44,46,47). The number of rotatable bonds is 11. The summed E-state index contributed by atoms with van der Waals surface area (Å²) >= 11 is 1.58. The lowest BCUT2D eigenvalue weighted by atomic mass is 9.48. The minimum Gasteiger partial charge on any atom is -0.476 e. The summed E-state index contributed by atoms with van der Waals surface area (Å²) in [5, 5.41) is 28.9. The molecule has 4 aromatic heterocycles. The minimum atomic E-state index is -1.07. The van der Waals surface area contributed by atoms with Gasteiger partial charge in [0.05, 0.1) is 41.8 Å². The molecule has 2 aliphatic heterocycles. The van der Waals surface area contributed by atoms with Gasteiger partial charge in [0.25, 0.3) is 0 Å². The Bertz CT molecular complexity index is 2250. The number of nitrogens with one attached hydrogen (secondary N) is 1. The molecule has 11 rings (SSSR count). The van der Waals surface area contributed by atoms with Crippen LogP contribution in [-0.4, -0.2) is 97.5 Å². The van der Waals surface area contributed by atoms with E-state index in [0.717, 1.165) is 103 Å². The molecule has 4 bridgehead atoms. The van der Waals surface area contributed by atoms with E-state index >= 15 is 0 Å². The number of carbonyl (C=O) groups is 1. The van der Waals surface area contributed by atoms with Crippen LogP contribution in [0.3, 0.4) is 0 Å². The lowest BCUT2D eigenvalue weighted by molar-refractivity contribution is -0.198. The van der Waals surface area contributed by atoms with Gasteiger partial charge in [0.2, 0.25) is 0 Å². The highest BCUT2D eigenvalue weighted by molar-refractivity contribution is 7.22. The van der Waals surface area contributed by atoms with Crippen molar-refractivity contribution in [3.05, 3.63) is 65.1 Å². The Balaban J connectivity index is 0.881. The largest absolute Gasteiger partial charge is 0.476 e. The van der Waals surface area contributed by atoms with E-state index in [1.54, 1.807) is 11.3 Å². The van der Waals surface area contributed by atoms with E-state index < -0.39 is 5.97 Å². The van der Waals surface area contributed by atoms with Gasteiger partial charge in [-0.15, -0.1) is 10.2 Å². The summed E-state index contributed by atoms with van der Waals surface area (Å²) in [5.74, 6) is 2.25. The molecule has 2 unspecified atom stereocenters. The molecule has 0 spiro atoms. The van der Waals surface area contributed by atoms with Crippen molar-refractivity contribution in [3.8, 4) is 11.1 Å². The third-order valence-electron chi connectivity index (χ3n) is 13.2. The molecule has 292 valence electrons. The molecule has 6 heterocycles. The van der Waals surface area contributed by atoms with Crippen LogP contribution < -0.4 is 10.2 Å². The molecule has 4 aliphatic carbocycles. The van der Waals surface area contributed by atoms with E-state index in [4.69, 9.17) is 24.5 Å². The molecule has 1 aromatic carbocycles. The van der Waals surface area contributed by atoms with Gasteiger partial charge >= 0.3 is 5.97 Å². The van der Waals surface area contributed by atoms with Gasteiger partial charge in [-0.1, -0.05) is 23.5 Å². The molecule has 2 N–H and O–H groups in total. The van der Waals surface area contributed by atoms with E-state index in [1.165, 1.54) is 32.1 Å². The van der Waals surface area contributed by atoms with Gasteiger partial charge in [-0.05, 0) is 107 Å². The van der Waals surface area contributed by atoms with Gasteiger partial charge in [-0.2, -0.15) is 5.10 Å². The van der Waals surface area contributed by atoms with Crippen LogP contribution in [0.4, 0.5) is 22.6 Å². The summed E-state index contributed by atoms with van der Waals surface area (Å²) in [7, 11) is 0. The molecular formula is C42H49N9O4S. The van der Waals surface area contributed by atoms with Crippen LogP contribution in [0.1, 0.15) is 72.3 Å². The number of thiazole rings is 1. The zero-order valence-electron chi connectivity index (χ0n) is 32.2. The van der Waals surface area contributed by atoms with Crippen molar-refractivity contribution < 1.29 is 19.4 Å². The minimum absolute atomic E-state index is 0.0125. The van der Waals surface area contributed by atoms with Crippen LogP contribution >= 0.6 is 11.3 Å². The van der Waals surface area contributed by atoms with Crippen molar-refractivity contribution in [3.63, 3.8) is 0 Å². The number of nitrogens with zero attached hydrogens (tertiary/aromatic N) is 8. The van der Waals surface area contributed by atoms with Crippen molar-refractivity contribution in [1.29, 1.82) is 0 Å². The highest BCUT2D eigenvalue weighted by Gasteiger charge is 2.58. The first-order chi connectivity index (χ1) is 27.2. The van der Waals surface area contributed by atoms with Crippen molar-refractivity contribution in [2.75, 3.05) is 56.2 Å². The summed E-state index contributed by atoms with van der Waals surface area (Å²) in [6, 6.07) is 11.9. The summed E-state index contributed by atoms with van der Waals surface area (Å²) in [6.07, 6.45) is 10.7. The highest BCUT2D eigenvalue weighted by atomic mass is 32.1. The van der Waals surface area contributed by atoms with Gasteiger partial charge in [0.1, 0.15) is 5.82 Å². The number of morpholine rings is 1. The zero-order chi connectivity index (χ0) is 38.0. The number of carboxylic acid groups (broad SMARTS) is 1. The van der Waals surface area contributed by atoms with Gasteiger partial charge in [-0.25, -0.2) is 14.8 Å². The van der Waals surface area contributed by atoms with E-state index in [9.17, 15) is 9.90 Å². The third kappa shape index (κ3) is 6.53. The van der Waals surface area contributed by atoms with Crippen molar-refractivity contribution >= 4 is 50.1 Å². The van der Waals surface area contributed by atoms with E-state index in [0.29, 0.717) is 41.4 Å². The van der Waals surface area contributed by atoms with Crippen LogP contribution in [-0.2, 0) is 22.4 Å². The summed E-state index contributed by atoms with van der Waals surface area (Å²) in [5.41, 5.74) is 5.48. The molecule has 0 amide bonds. The molecule has 5 aromatic rings. The fraction of sp³-hybridized carbons (Fsp3) is 0.524. The number of fused-ring (bicyclic) bond motifs is 2. The number of ether oxygens (including phenoxy) is 2. The van der Waals surface area contributed by atoms with Crippen molar-refractivity contribution in [2.24, 2.45) is 17.3 Å². The van der Waals surface area contributed by atoms with Crippen molar-refractivity contribution in [1.82, 2.24) is 34.8 Å². The second-order valence-electron chi connectivity index (χ2n) is 17.0. The molecule has 1 saturated heterocycles. The molecule has 0 radical (unpaired) electrons. The Kier molecular flexibility index (Phi) is 9.07. The Hall–Kier alpha value is -4.50. The number of hydrogen-bond acceptors (Lipinski definition) is 12. The molecule has 6 aliphatic rings. The lowest BCUT2D eigenvalue weighted by Crippen LogP contribution is -2.58. The van der Waals surface area contributed by atoms with Crippen LogP contribution in [0.15, 0.2) is 42.6 Å². The molecule has 5 fully saturated rings. The van der Waals surface area contributed by atoms with Gasteiger partial charge in [0.15, 0.2) is 22.5 Å². The monoisotopic (exact) mass is 775 g/mol. The van der Waals surface area contributed by atoms with E-state index in [1.807, 2.05) is 41.4 Å². The summed E-state index contributed by atoms with van der Waals surface area (Å²) in [4.78, 5) is 26.8. The fourth-order valence-electron chi connectivity index (χ4n) is 11.1. The first-order valence-corrected chi connectivity index (χ1v) is 21.0. The number of hydrogen-bond donors (Lipinski definition) is 2. The number of anilines is 4. The second kappa shape index (κ2) is 14.2. The Labute approximate surface area is 330 Å². The number of aromatic nitrogens is 6. The zero-order valence-corrected chi connectivity index (χ0v) is 33.0. The highest BCUT2D eigenvalue weighted by Crippen LogP contribution is 2.63. The number of benzene rings is 1.